The van der Waals surface area contributed by atoms with Gasteiger partial charge in [0.25, 0.3) is 0 Å². The fraction of sp³-hybridized carbons (Fsp3) is 0.304. The molecule has 1 aromatic heterocycles. The summed E-state index contributed by atoms with van der Waals surface area (Å²) >= 11 is 6.00. The molecule has 0 fully saturated rings. The van der Waals surface area contributed by atoms with Gasteiger partial charge in [0.15, 0.2) is 0 Å². The minimum absolute atomic E-state index is 0. The summed E-state index contributed by atoms with van der Waals surface area (Å²) < 4.78 is 5.59. The predicted molar refractivity (Wildman–Crippen MR) is 122 cm³/mol. The van der Waals surface area contributed by atoms with E-state index in [-0.39, 0.29) is 30.1 Å². The standard InChI is InChI=1S/C23H24ClN3O2.ClH/c1-23(2,12-17-11-10-16-6-3-4-8-21(16)27-17)26-14-18(28)15-29-22-9-5-7-20(24)19(22)13-25;/h3-11,18,26,28H,12,14-15H2,1-2H3;1H. The normalized spacial score (nSPS) is 12.1. The molecule has 3 aromatic rings. The van der Waals surface area contributed by atoms with Crippen LogP contribution in [0.4, 0.5) is 0 Å². The molecule has 2 aromatic carbocycles. The number of pyridine rings is 1. The molecule has 1 unspecified atom stereocenters. The Labute approximate surface area is 188 Å². The largest absolute Gasteiger partial charge is 0.489 e. The number of nitrogens with one attached hydrogen (secondary N) is 1. The maximum absolute atomic E-state index is 10.3. The van der Waals surface area contributed by atoms with Gasteiger partial charge < -0.3 is 15.2 Å². The van der Waals surface area contributed by atoms with Gasteiger partial charge in [0.2, 0.25) is 0 Å². The highest BCUT2D eigenvalue weighted by molar-refractivity contribution is 6.31. The molecular formula is C23H25Cl2N3O2. The second-order valence-electron chi connectivity index (χ2n) is 7.63. The fourth-order valence-corrected chi connectivity index (χ4v) is 3.30. The maximum Gasteiger partial charge on any atom is 0.138 e. The lowest BCUT2D eigenvalue weighted by Gasteiger charge is -2.27. The molecule has 0 aliphatic carbocycles. The highest BCUT2D eigenvalue weighted by atomic mass is 35.5. The first-order valence-electron chi connectivity index (χ1n) is 9.47. The number of nitriles is 1. The number of nitrogens with zero attached hydrogens (tertiary/aromatic N) is 2. The van der Waals surface area contributed by atoms with E-state index in [0.717, 1.165) is 23.0 Å². The first-order chi connectivity index (χ1) is 13.9. The molecule has 0 spiro atoms. The van der Waals surface area contributed by atoms with Crippen LogP contribution in [-0.4, -0.2) is 34.9 Å². The molecule has 158 valence electrons. The molecule has 30 heavy (non-hydrogen) atoms. The number of aromatic nitrogens is 1. The van der Waals surface area contributed by atoms with Gasteiger partial charge in [0, 0.05) is 29.6 Å². The Morgan fingerprint density at radius 1 is 1.17 bits per heavy atom. The number of hydrogen-bond donors (Lipinski definition) is 2. The first kappa shape index (κ1) is 23.9. The second-order valence-corrected chi connectivity index (χ2v) is 8.03. The zero-order valence-electron chi connectivity index (χ0n) is 16.9. The van der Waals surface area contributed by atoms with Crippen LogP contribution in [0.25, 0.3) is 10.9 Å². The smallest absolute Gasteiger partial charge is 0.138 e. The predicted octanol–water partition coefficient (Wildman–Crippen LogP) is 4.53. The van der Waals surface area contributed by atoms with E-state index < -0.39 is 6.10 Å². The van der Waals surface area contributed by atoms with Crippen molar-refractivity contribution >= 4 is 34.9 Å². The van der Waals surface area contributed by atoms with E-state index in [0.29, 0.717) is 17.3 Å². The van der Waals surface area contributed by atoms with Crippen LogP contribution in [0.2, 0.25) is 5.02 Å². The second kappa shape index (κ2) is 10.6. The van der Waals surface area contributed by atoms with Gasteiger partial charge in [-0.25, -0.2) is 0 Å². The average Bonchev–Trinajstić information content (AvgIpc) is 2.70. The number of β-amino-alcohol motifs (C(OH)–C–C–N with tert-alkyl or cyclic N) is 1. The van der Waals surface area contributed by atoms with E-state index in [1.165, 1.54) is 0 Å². The zero-order valence-corrected chi connectivity index (χ0v) is 18.5. The van der Waals surface area contributed by atoms with E-state index in [2.05, 4.69) is 25.2 Å². The van der Waals surface area contributed by atoms with Crippen LogP contribution in [0.15, 0.2) is 54.6 Å². The van der Waals surface area contributed by atoms with Gasteiger partial charge in [0.05, 0.1) is 10.5 Å². The molecule has 3 rings (SSSR count). The number of hydrogen-bond acceptors (Lipinski definition) is 5. The zero-order chi connectivity index (χ0) is 20.9. The Kier molecular flexibility index (Phi) is 8.45. The summed E-state index contributed by atoms with van der Waals surface area (Å²) in [4.78, 5) is 4.72. The van der Waals surface area contributed by atoms with Crippen LogP contribution in [0, 0.1) is 11.3 Å². The highest BCUT2D eigenvalue weighted by Crippen LogP contribution is 2.25. The molecule has 7 heteroatoms. The number of aliphatic hydroxyl groups is 1. The molecule has 2 N–H and O–H groups in total. The van der Waals surface area contributed by atoms with Gasteiger partial charge in [-0.05, 0) is 38.1 Å². The van der Waals surface area contributed by atoms with Crippen LogP contribution in [-0.2, 0) is 6.42 Å². The highest BCUT2D eigenvalue weighted by Gasteiger charge is 2.20. The summed E-state index contributed by atoms with van der Waals surface area (Å²) in [5.41, 5.74) is 1.98. The molecule has 0 radical (unpaired) electrons. The number of fused-ring (bicyclic) bond motifs is 1. The van der Waals surface area contributed by atoms with Crippen LogP contribution in [0.5, 0.6) is 5.75 Å². The van der Waals surface area contributed by atoms with Crippen molar-refractivity contribution in [1.29, 1.82) is 5.26 Å². The lowest BCUT2D eigenvalue weighted by molar-refractivity contribution is 0.0986. The number of para-hydroxylation sites is 1. The number of ether oxygens (including phenoxy) is 1. The molecule has 0 saturated carbocycles. The van der Waals surface area contributed by atoms with Crippen molar-refractivity contribution in [2.45, 2.75) is 31.9 Å². The van der Waals surface area contributed by atoms with Gasteiger partial charge in [0.1, 0.15) is 30.1 Å². The topological polar surface area (TPSA) is 78.2 Å². The van der Waals surface area contributed by atoms with Crippen molar-refractivity contribution in [2.24, 2.45) is 0 Å². The first-order valence-corrected chi connectivity index (χ1v) is 9.85. The van der Waals surface area contributed by atoms with E-state index in [9.17, 15) is 10.4 Å². The molecule has 0 amide bonds. The van der Waals surface area contributed by atoms with Gasteiger partial charge in [-0.15, -0.1) is 12.4 Å². The van der Waals surface area contributed by atoms with Crippen LogP contribution >= 0.6 is 24.0 Å². The minimum atomic E-state index is -0.732. The number of aliphatic hydroxyl groups excluding tert-OH is 1. The lowest BCUT2D eigenvalue weighted by atomic mass is 9.97. The summed E-state index contributed by atoms with van der Waals surface area (Å²) in [6.45, 7) is 4.56. The molecule has 0 aliphatic rings. The minimum Gasteiger partial charge on any atom is -0.489 e. The summed E-state index contributed by atoms with van der Waals surface area (Å²) in [6, 6.07) is 19.2. The van der Waals surface area contributed by atoms with Crippen LogP contribution in [0.3, 0.4) is 0 Å². The third-order valence-electron chi connectivity index (χ3n) is 4.61. The number of halogens is 2. The van der Waals surface area contributed by atoms with Gasteiger partial charge in [-0.2, -0.15) is 5.26 Å². The van der Waals surface area contributed by atoms with Crippen molar-refractivity contribution < 1.29 is 9.84 Å². The Morgan fingerprint density at radius 3 is 2.70 bits per heavy atom. The van der Waals surface area contributed by atoms with Crippen molar-refractivity contribution in [2.75, 3.05) is 13.2 Å². The molecular weight excluding hydrogens is 421 g/mol. The average molecular weight is 446 g/mol. The van der Waals surface area contributed by atoms with E-state index in [1.807, 2.05) is 36.4 Å². The SMILES string of the molecule is CC(C)(Cc1ccc2ccccc2n1)NCC(O)COc1cccc(Cl)c1C#N.Cl. The van der Waals surface area contributed by atoms with Crippen molar-refractivity contribution in [3.63, 3.8) is 0 Å². The van der Waals surface area contributed by atoms with Gasteiger partial charge in [-0.3, -0.25) is 4.98 Å². The number of benzene rings is 2. The third kappa shape index (κ3) is 6.32. The summed E-state index contributed by atoms with van der Waals surface area (Å²) in [5, 5.41) is 24.3. The Morgan fingerprint density at radius 2 is 1.93 bits per heavy atom. The van der Waals surface area contributed by atoms with E-state index >= 15 is 0 Å². The van der Waals surface area contributed by atoms with Crippen molar-refractivity contribution in [3.8, 4) is 11.8 Å². The third-order valence-corrected chi connectivity index (χ3v) is 4.93. The molecule has 0 saturated heterocycles. The van der Waals surface area contributed by atoms with E-state index in [4.69, 9.17) is 21.3 Å². The molecule has 1 heterocycles. The van der Waals surface area contributed by atoms with Crippen LogP contribution < -0.4 is 10.1 Å². The maximum atomic E-state index is 10.3. The van der Waals surface area contributed by atoms with Crippen LogP contribution in [0.1, 0.15) is 25.1 Å². The Bertz CT molecular complexity index is 1030. The van der Waals surface area contributed by atoms with Gasteiger partial charge in [-0.1, -0.05) is 41.9 Å². The molecule has 0 bridgehead atoms. The molecule has 0 aliphatic heterocycles. The van der Waals surface area contributed by atoms with E-state index in [1.54, 1.807) is 18.2 Å². The summed E-state index contributed by atoms with van der Waals surface area (Å²) in [7, 11) is 0. The van der Waals surface area contributed by atoms with Gasteiger partial charge >= 0.3 is 0 Å². The Balaban J connectivity index is 0.00000320. The monoisotopic (exact) mass is 445 g/mol. The summed E-state index contributed by atoms with van der Waals surface area (Å²) in [5.74, 6) is 0.374. The van der Waals surface area contributed by atoms with Crippen molar-refractivity contribution in [3.05, 3.63) is 70.9 Å². The molecule has 5 nitrogen and oxygen atoms in total. The summed E-state index contributed by atoms with van der Waals surface area (Å²) in [6.07, 6.45) is -0.0116. The molecule has 1 atom stereocenters. The Hall–Kier alpha value is -2.36. The lowest BCUT2D eigenvalue weighted by Crippen LogP contribution is -2.46. The quantitative estimate of drug-likeness (QED) is 0.532. The fourth-order valence-electron chi connectivity index (χ4n) is 3.09. The number of rotatable bonds is 8. The van der Waals surface area contributed by atoms with Crippen molar-refractivity contribution in [1.82, 2.24) is 10.3 Å².